The van der Waals surface area contributed by atoms with Crippen molar-refractivity contribution in [1.29, 1.82) is 5.26 Å². The average Bonchev–Trinajstić information content (AvgIpc) is 2.78. The summed E-state index contributed by atoms with van der Waals surface area (Å²) < 4.78 is 13.9. The van der Waals surface area contributed by atoms with E-state index >= 15 is 0 Å². The first-order valence-electron chi connectivity index (χ1n) is 5.37. The van der Waals surface area contributed by atoms with E-state index in [1.807, 2.05) is 18.0 Å². The van der Waals surface area contributed by atoms with Crippen molar-refractivity contribution in [3.05, 3.63) is 29.6 Å². The molecule has 1 saturated heterocycles. The van der Waals surface area contributed by atoms with E-state index in [4.69, 9.17) is 5.26 Å². The summed E-state index contributed by atoms with van der Waals surface area (Å²) in [6.45, 7) is 1.62. The molecular formula is C12H14FN3. The maximum absolute atomic E-state index is 13.9. The lowest BCUT2D eigenvalue weighted by Gasteiger charge is -2.19. The van der Waals surface area contributed by atoms with Gasteiger partial charge in [0.05, 0.1) is 11.3 Å². The zero-order valence-electron chi connectivity index (χ0n) is 9.20. The molecule has 1 aliphatic heterocycles. The smallest absolute Gasteiger partial charge is 0.164 e. The van der Waals surface area contributed by atoms with Crippen LogP contribution in [0.3, 0.4) is 0 Å². The molecule has 0 bridgehead atoms. The number of hydrogen-bond acceptors (Lipinski definition) is 3. The number of benzene rings is 1. The van der Waals surface area contributed by atoms with Gasteiger partial charge in [-0.15, -0.1) is 0 Å². The monoisotopic (exact) mass is 219 g/mol. The van der Waals surface area contributed by atoms with Gasteiger partial charge in [-0.3, -0.25) is 0 Å². The van der Waals surface area contributed by atoms with E-state index in [0.29, 0.717) is 11.7 Å². The number of nitrogens with one attached hydrogen (secondary N) is 1. The van der Waals surface area contributed by atoms with Gasteiger partial charge in [0.25, 0.3) is 0 Å². The average molecular weight is 219 g/mol. The van der Waals surface area contributed by atoms with Gasteiger partial charge in [0.1, 0.15) is 6.07 Å². The highest BCUT2D eigenvalue weighted by Crippen LogP contribution is 2.25. The Morgan fingerprint density at radius 3 is 3.00 bits per heavy atom. The molecule has 2 rings (SSSR count). The summed E-state index contributed by atoms with van der Waals surface area (Å²) in [6.07, 6.45) is 1.01. The molecule has 16 heavy (non-hydrogen) atoms. The van der Waals surface area contributed by atoms with Crippen LogP contribution < -0.4 is 10.2 Å². The normalized spacial score (nSPS) is 19.8. The van der Waals surface area contributed by atoms with Crippen LogP contribution in [-0.2, 0) is 0 Å². The van der Waals surface area contributed by atoms with Crippen molar-refractivity contribution in [3.8, 4) is 6.07 Å². The van der Waals surface area contributed by atoms with Crippen LogP contribution in [-0.4, -0.2) is 26.2 Å². The third-order valence-corrected chi connectivity index (χ3v) is 3.04. The predicted molar refractivity (Wildman–Crippen MR) is 60.8 cm³/mol. The first-order valence-corrected chi connectivity index (χ1v) is 5.37. The Balaban J connectivity index is 2.25. The van der Waals surface area contributed by atoms with Gasteiger partial charge < -0.3 is 10.2 Å². The largest absolute Gasteiger partial charge is 0.368 e. The highest BCUT2D eigenvalue weighted by Gasteiger charge is 2.23. The van der Waals surface area contributed by atoms with E-state index < -0.39 is 5.82 Å². The molecule has 84 valence electrons. The van der Waals surface area contributed by atoms with Crippen molar-refractivity contribution >= 4 is 5.69 Å². The summed E-state index contributed by atoms with van der Waals surface area (Å²) in [5.74, 6) is -0.401. The van der Waals surface area contributed by atoms with Crippen LogP contribution in [0.1, 0.15) is 12.0 Å². The van der Waals surface area contributed by atoms with E-state index in [9.17, 15) is 4.39 Å². The first-order chi connectivity index (χ1) is 7.76. The molecule has 0 radical (unpaired) electrons. The molecule has 0 saturated carbocycles. The number of likely N-dealkylation sites (N-methyl/N-ethyl adjacent to an activating group) is 1. The topological polar surface area (TPSA) is 39.1 Å². The molecule has 0 aliphatic carbocycles. The maximum atomic E-state index is 13.9. The second kappa shape index (κ2) is 4.50. The molecule has 4 heteroatoms. The summed E-state index contributed by atoms with van der Waals surface area (Å²) in [5, 5.41) is 11.9. The third kappa shape index (κ3) is 1.86. The minimum Gasteiger partial charge on any atom is -0.368 e. The lowest BCUT2D eigenvalue weighted by Crippen LogP contribution is -2.29. The Bertz CT molecular complexity index is 425. The van der Waals surface area contributed by atoms with Gasteiger partial charge in [-0.1, -0.05) is 6.07 Å². The lowest BCUT2D eigenvalue weighted by atomic mass is 10.2. The molecule has 0 amide bonds. The summed E-state index contributed by atoms with van der Waals surface area (Å²) in [6, 6.07) is 7.24. The minimum absolute atomic E-state index is 0.116. The van der Waals surface area contributed by atoms with Crippen LogP contribution in [0.25, 0.3) is 0 Å². The number of nitriles is 1. The summed E-state index contributed by atoms with van der Waals surface area (Å²) in [5.41, 5.74) is 0.655. The van der Waals surface area contributed by atoms with E-state index in [0.717, 1.165) is 19.5 Å². The molecule has 1 aliphatic rings. The Hall–Kier alpha value is -1.60. The lowest BCUT2D eigenvalue weighted by molar-refractivity contribution is 0.607. The molecule has 1 atom stereocenters. The second-order valence-corrected chi connectivity index (χ2v) is 3.97. The fraction of sp³-hybridized carbons (Fsp3) is 0.417. The molecule has 1 N–H and O–H groups in total. The molecule has 1 aromatic carbocycles. The Kier molecular flexibility index (Phi) is 3.07. The number of hydrogen-bond donors (Lipinski definition) is 1. The third-order valence-electron chi connectivity index (χ3n) is 3.04. The van der Waals surface area contributed by atoms with Gasteiger partial charge in [0, 0.05) is 19.1 Å². The summed E-state index contributed by atoms with van der Waals surface area (Å²) >= 11 is 0. The fourth-order valence-corrected chi connectivity index (χ4v) is 2.07. The minimum atomic E-state index is -0.401. The first kappa shape index (κ1) is 10.9. The molecule has 1 heterocycles. The highest BCUT2D eigenvalue weighted by molar-refractivity contribution is 5.54. The van der Waals surface area contributed by atoms with E-state index in [-0.39, 0.29) is 5.56 Å². The number of rotatable bonds is 2. The van der Waals surface area contributed by atoms with Crippen LogP contribution in [0, 0.1) is 17.1 Å². The van der Waals surface area contributed by atoms with Crippen molar-refractivity contribution in [2.45, 2.75) is 12.5 Å². The van der Waals surface area contributed by atoms with E-state index in [1.54, 1.807) is 12.1 Å². The van der Waals surface area contributed by atoms with E-state index in [1.165, 1.54) is 6.07 Å². The summed E-state index contributed by atoms with van der Waals surface area (Å²) in [7, 11) is 1.91. The summed E-state index contributed by atoms with van der Waals surface area (Å²) in [4.78, 5) is 1.98. The highest BCUT2D eigenvalue weighted by atomic mass is 19.1. The number of nitrogens with zero attached hydrogens (tertiary/aromatic N) is 2. The van der Waals surface area contributed by atoms with Gasteiger partial charge in [0.15, 0.2) is 5.82 Å². The van der Waals surface area contributed by atoms with E-state index in [2.05, 4.69) is 5.32 Å². The van der Waals surface area contributed by atoms with Crippen molar-refractivity contribution in [2.24, 2.45) is 0 Å². The van der Waals surface area contributed by atoms with Crippen LogP contribution in [0.2, 0.25) is 0 Å². The molecule has 0 aromatic heterocycles. The van der Waals surface area contributed by atoms with Crippen LogP contribution in [0.4, 0.5) is 10.1 Å². The molecule has 1 fully saturated rings. The number of halogens is 1. The zero-order chi connectivity index (χ0) is 11.5. The molecule has 1 unspecified atom stereocenters. The Labute approximate surface area is 94.5 Å². The Morgan fingerprint density at radius 2 is 2.38 bits per heavy atom. The molecule has 3 nitrogen and oxygen atoms in total. The number of anilines is 1. The SMILES string of the molecule is CNC1CCN(c2cccc(C#N)c2F)C1. The predicted octanol–water partition coefficient (Wildman–Crippen LogP) is 1.50. The van der Waals surface area contributed by atoms with Crippen molar-refractivity contribution < 1.29 is 4.39 Å². The fourth-order valence-electron chi connectivity index (χ4n) is 2.07. The van der Waals surface area contributed by atoms with Crippen LogP contribution >= 0.6 is 0 Å². The van der Waals surface area contributed by atoms with Crippen LogP contribution in [0.15, 0.2) is 18.2 Å². The van der Waals surface area contributed by atoms with Gasteiger partial charge in [-0.05, 0) is 25.6 Å². The van der Waals surface area contributed by atoms with Crippen molar-refractivity contribution in [2.75, 3.05) is 25.0 Å². The maximum Gasteiger partial charge on any atom is 0.164 e. The van der Waals surface area contributed by atoms with Crippen molar-refractivity contribution in [3.63, 3.8) is 0 Å². The van der Waals surface area contributed by atoms with Gasteiger partial charge in [0.2, 0.25) is 0 Å². The quantitative estimate of drug-likeness (QED) is 0.819. The zero-order valence-corrected chi connectivity index (χ0v) is 9.20. The molecular weight excluding hydrogens is 205 g/mol. The standard InChI is InChI=1S/C12H14FN3/c1-15-10-5-6-16(8-10)11-4-2-3-9(7-14)12(11)13/h2-4,10,15H,5-6,8H2,1H3. The van der Waals surface area contributed by atoms with Crippen LogP contribution in [0.5, 0.6) is 0 Å². The van der Waals surface area contributed by atoms with Gasteiger partial charge >= 0.3 is 0 Å². The van der Waals surface area contributed by atoms with Crippen molar-refractivity contribution in [1.82, 2.24) is 5.32 Å². The molecule has 1 aromatic rings. The molecule has 0 spiro atoms. The van der Waals surface area contributed by atoms with Gasteiger partial charge in [-0.25, -0.2) is 4.39 Å². The van der Waals surface area contributed by atoms with Gasteiger partial charge in [-0.2, -0.15) is 5.26 Å². The Morgan fingerprint density at radius 1 is 1.56 bits per heavy atom. The second-order valence-electron chi connectivity index (χ2n) is 3.97.